The Morgan fingerprint density at radius 1 is 1.04 bits per heavy atom. The lowest BCUT2D eigenvalue weighted by molar-refractivity contribution is -0.152. The van der Waals surface area contributed by atoms with Crippen LogP contribution in [0.1, 0.15) is 79.1 Å². The van der Waals surface area contributed by atoms with Crippen LogP contribution in [-0.4, -0.2) is 49.2 Å². The quantitative estimate of drug-likeness (QED) is 0.102. The number of thioether (sulfide) groups is 1. The first-order valence-electron chi connectivity index (χ1n) is 16.0. The first-order chi connectivity index (χ1) is 23.3. The summed E-state index contributed by atoms with van der Waals surface area (Å²) in [5.41, 5.74) is 5.69. The second-order valence-electron chi connectivity index (χ2n) is 12.9. The Kier molecular flexibility index (Phi) is 13.0. The number of aryl methyl sites for hydroxylation is 1. The molecule has 1 fully saturated rings. The number of hydrogen-bond acceptors (Lipinski definition) is 7. The van der Waals surface area contributed by atoms with Gasteiger partial charge in [-0.25, -0.2) is 9.78 Å². The average molecular weight is 701 g/mol. The van der Waals surface area contributed by atoms with Crippen molar-refractivity contribution in [3.63, 3.8) is 0 Å². The van der Waals surface area contributed by atoms with E-state index < -0.39 is 30.1 Å². The SMILES string of the molecule is CC(C)(O)c1ccccc1CC[C@@H](SCC1(CC#N)CC1)c1cccc(/C=C/c2ccc3ccc(Cl)cc3n2)c1.O=C(O)CC(O)C(=O)O. The fourth-order valence-electron chi connectivity index (χ4n) is 5.46. The Bertz CT molecular complexity index is 1840. The first-order valence-corrected chi connectivity index (χ1v) is 17.5. The molecule has 0 spiro atoms. The van der Waals surface area contributed by atoms with Crippen LogP contribution in [0, 0.1) is 16.7 Å². The molecule has 5 rings (SSSR count). The topological polar surface area (TPSA) is 152 Å². The number of aliphatic hydroxyl groups is 2. The molecule has 256 valence electrons. The molecule has 1 aromatic heterocycles. The van der Waals surface area contributed by atoms with Crippen LogP contribution in [0.4, 0.5) is 0 Å². The third kappa shape index (κ3) is 11.4. The number of rotatable bonds is 14. The van der Waals surface area contributed by atoms with Gasteiger partial charge in [0, 0.05) is 27.8 Å². The number of carboxylic acid groups (broad SMARTS) is 2. The van der Waals surface area contributed by atoms with E-state index >= 15 is 0 Å². The van der Waals surface area contributed by atoms with Crippen LogP contribution in [0.15, 0.2) is 78.9 Å². The molecule has 3 aromatic carbocycles. The summed E-state index contributed by atoms with van der Waals surface area (Å²) in [6, 6.07) is 29.2. The van der Waals surface area contributed by atoms with Gasteiger partial charge in [-0.05, 0) is 91.5 Å². The molecular formula is C39H41ClN2O6S. The molecule has 49 heavy (non-hydrogen) atoms. The third-order valence-corrected chi connectivity index (χ3v) is 10.3. The Morgan fingerprint density at radius 3 is 2.43 bits per heavy atom. The average Bonchev–Trinajstić information content (AvgIpc) is 3.83. The number of aromatic nitrogens is 1. The van der Waals surface area contributed by atoms with Crippen molar-refractivity contribution in [2.75, 3.05) is 5.75 Å². The minimum Gasteiger partial charge on any atom is -0.481 e. The highest BCUT2D eigenvalue weighted by Gasteiger charge is 2.42. The van der Waals surface area contributed by atoms with Crippen molar-refractivity contribution in [3.05, 3.63) is 112 Å². The van der Waals surface area contributed by atoms with Gasteiger partial charge in [-0.3, -0.25) is 4.79 Å². The minimum atomic E-state index is -1.79. The van der Waals surface area contributed by atoms with Crippen molar-refractivity contribution in [2.45, 2.75) is 69.3 Å². The Labute approximate surface area is 296 Å². The number of aliphatic carboxylic acids is 2. The fraction of sp³-hybridized carbons (Fsp3) is 0.333. The summed E-state index contributed by atoms with van der Waals surface area (Å²) < 4.78 is 0. The van der Waals surface area contributed by atoms with Crippen molar-refractivity contribution in [1.82, 2.24) is 4.98 Å². The fourth-order valence-corrected chi connectivity index (χ4v) is 7.19. The molecule has 0 amide bonds. The highest BCUT2D eigenvalue weighted by Crippen LogP contribution is 2.53. The van der Waals surface area contributed by atoms with E-state index in [0.717, 1.165) is 59.2 Å². The Hall–Kier alpha value is -4.20. The van der Waals surface area contributed by atoms with Crippen LogP contribution in [0.5, 0.6) is 0 Å². The number of halogens is 1. The highest BCUT2D eigenvalue weighted by molar-refractivity contribution is 7.99. The molecular weight excluding hydrogens is 660 g/mol. The Morgan fingerprint density at radius 2 is 1.78 bits per heavy atom. The summed E-state index contributed by atoms with van der Waals surface area (Å²) in [6.07, 6.45) is 6.40. The van der Waals surface area contributed by atoms with Crippen molar-refractivity contribution >= 4 is 58.4 Å². The van der Waals surface area contributed by atoms with Gasteiger partial charge in [0.25, 0.3) is 0 Å². The van der Waals surface area contributed by atoms with Crippen molar-refractivity contribution < 1.29 is 30.0 Å². The third-order valence-electron chi connectivity index (χ3n) is 8.41. The van der Waals surface area contributed by atoms with Gasteiger partial charge in [0.05, 0.1) is 29.3 Å². The molecule has 1 heterocycles. The number of fused-ring (bicyclic) bond motifs is 1. The molecule has 1 saturated carbocycles. The van der Waals surface area contributed by atoms with Crippen LogP contribution >= 0.6 is 23.4 Å². The summed E-state index contributed by atoms with van der Waals surface area (Å²) in [5.74, 6) is -1.84. The maximum atomic E-state index is 10.7. The molecule has 4 aromatic rings. The van der Waals surface area contributed by atoms with Gasteiger partial charge in [0.15, 0.2) is 6.10 Å². The van der Waals surface area contributed by atoms with E-state index in [1.165, 1.54) is 11.1 Å². The lowest BCUT2D eigenvalue weighted by Gasteiger charge is -2.24. The lowest BCUT2D eigenvalue weighted by Crippen LogP contribution is -2.22. The smallest absolute Gasteiger partial charge is 0.333 e. The molecule has 1 unspecified atom stereocenters. The molecule has 10 heteroatoms. The molecule has 0 aliphatic heterocycles. The summed E-state index contributed by atoms with van der Waals surface area (Å²) in [5, 5.41) is 46.3. The second kappa shape index (κ2) is 17.0. The van der Waals surface area contributed by atoms with E-state index in [4.69, 9.17) is 31.9 Å². The second-order valence-corrected chi connectivity index (χ2v) is 14.5. The Balaban J connectivity index is 0.000000529. The summed E-state index contributed by atoms with van der Waals surface area (Å²) in [4.78, 5) is 24.2. The highest BCUT2D eigenvalue weighted by atomic mass is 35.5. The van der Waals surface area contributed by atoms with Crippen LogP contribution in [0.3, 0.4) is 0 Å². The summed E-state index contributed by atoms with van der Waals surface area (Å²) in [7, 11) is 0. The van der Waals surface area contributed by atoms with Crippen LogP contribution < -0.4 is 0 Å². The molecule has 4 N–H and O–H groups in total. The molecule has 0 saturated heterocycles. The van der Waals surface area contributed by atoms with E-state index in [0.29, 0.717) is 16.7 Å². The van der Waals surface area contributed by atoms with Gasteiger partial charge in [0.1, 0.15) is 0 Å². The summed E-state index contributed by atoms with van der Waals surface area (Å²) in [6.45, 7) is 3.71. The largest absolute Gasteiger partial charge is 0.481 e. The summed E-state index contributed by atoms with van der Waals surface area (Å²) >= 11 is 8.15. The van der Waals surface area contributed by atoms with Gasteiger partial charge >= 0.3 is 11.9 Å². The van der Waals surface area contributed by atoms with E-state index in [-0.39, 0.29) is 5.41 Å². The maximum absolute atomic E-state index is 10.7. The molecule has 0 bridgehead atoms. The first kappa shape index (κ1) is 37.6. The van der Waals surface area contributed by atoms with Crippen molar-refractivity contribution in [2.24, 2.45) is 5.41 Å². The van der Waals surface area contributed by atoms with E-state index in [9.17, 15) is 20.0 Å². The zero-order valence-corrected chi connectivity index (χ0v) is 29.1. The zero-order valence-electron chi connectivity index (χ0n) is 27.6. The molecule has 1 aliphatic rings. The normalized spacial score (nSPS) is 14.8. The van der Waals surface area contributed by atoms with Crippen molar-refractivity contribution in [3.8, 4) is 6.07 Å². The van der Waals surface area contributed by atoms with E-state index in [1.54, 1.807) is 0 Å². The maximum Gasteiger partial charge on any atom is 0.333 e. The van der Waals surface area contributed by atoms with Crippen LogP contribution in [-0.2, 0) is 21.6 Å². The molecule has 0 radical (unpaired) electrons. The number of hydrogen-bond donors (Lipinski definition) is 4. The zero-order chi connectivity index (χ0) is 35.6. The van der Waals surface area contributed by atoms with Gasteiger partial charge in [-0.1, -0.05) is 78.3 Å². The number of aliphatic hydroxyl groups excluding tert-OH is 1. The number of benzene rings is 3. The number of nitrogens with zero attached hydrogens (tertiary/aromatic N) is 2. The number of pyridine rings is 1. The van der Waals surface area contributed by atoms with Gasteiger partial charge in [-0.15, -0.1) is 0 Å². The van der Waals surface area contributed by atoms with Crippen molar-refractivity contribution in [1.29, 1.82) is 5.26 Å². The van der Waals surface area contributed by atoms with Crippen LogP contribution in [0.25, 0.3) is 23.1 Å². The lowest BCUT2D eigenvalue weighted by atomic mass is 9.90. The predicted octanol–water partition coefficient (Wildman–Crippen LogP) is 8.29. The van der Waals surface area contributed by atoms with Gasteiger partial charge < -0.3 is 20.4 Å². The standard InChI is InChI=1S/C35H35ClN2OS.C4H6O5/c1-34(2,39)31-9-4-3-7-26(31)13-17-33(40-24-35(18-19-35)20-21-37)28-8-5-6-25(22-28)10-15-30-16-12-27-11-14-29(36)23-32(27)38-30;5-2(4(8)9)1-3(6)7/h3-12,14-16,22-23,33,39H,13,17-20,24H2,1-2H3;2,5H,1H2,(H,6,7)(H,8,9)/b15-10+;/t33-;/m1./s1. The monoisotopic (exact) mass is 700 g/mol. The van der Waals surface area contributed by atoms with E-state index in [1.807, 2.05) is 68.1 Å². The number of carboxylic acids is 2. The van der Waals surface area contributed by atoms with Gasteiger partial charge in [-0.2, -0.15) is 17.0 Å². The minimum absolute atomic E-state index is 0.185. The molecule has 1 aliphatic carbocycles. The number of carbonyl (C=O) groups is 2. The van der Waals surface area contributed by atoms with Gasteiger partial charge in [0.2, 0.25) is 0 Å². The molecule has 2 atom stereocenters. The predicted molar refractivity (Wildman–Crippen MR) is 195 cm³/mol. The van der Waals surface area contributed by atoms with E-state index in [2.05, 4.69) is 54.6 Å². The molecule has 8 nitrogen and oxygen atoms in total. The van der Waals surface area contributed by atoms with Crippen LogP contribution in [0.2, 0.25) is 5.02 Å². The number of nitriles is 1.